The molecule has 0 spiro atoms. The molecule has 1 rings (SSSR count). The van der Waals surface area contributed by atoms with E-state index in [9.17, 15) is 18.0 Å². The molecule has 1 aliphatic rings. The van der Waals surface area contributed by atoms with Crippen molar-refractivity contribution in [1.29, 1.82) is 0 Å². The summed E-state index contributed by atoms with van der Waals surface area (Å²) in [6, 6.07) is 0. The molecular formula is C9H14F3NOS. The van der Waals surface area contributed by atoms with Gasteiger partial charge < -0.3 is 4.90 Å². The molecule has 1 fully saturated rings. The van der Waals surface area contributed by atoms with E-state index in [2.05, 4.69) is 0 Å². The summed E-state index contributed by atoms with van der Waals surface area (Å²) in [6.07, 6.45) is 3.94. The van der Waals surface area contributed by atoms with Crippen LogP contribution in [0.2, 0.25) is 0 Å². The molecule has 0 aliphatic carbocycles. The van der Waals surface area contributed by atoms with Gasteiger partial charge in [-0.15, -0.1) is 0 Å². The minimum Gasteiger partial charge on any atom is -0.342 e. The molecule has 0 aromatic carbocycles. The highest BCUT2D eigenvalue weighted by Crippen LogP contribution is 2.30. The maximum absolute atomic E-state index is 11.9. The van der Waals surface area contributed by atoms with Crippen molar-refractivity contribution in [3.8, 4) is 0 Å². The van der Waals surface area contributed by atoms with E-state index in [-0.39, 0.29) is 17.7 Å². The van der Waals surface area contributed by atoms with Crippen LogP contribution in [-0.4, -0.2) is 35.2 Å². The number of hydrogen-bond acceptors (Lipinski definition) is 2. The van der Waals surface area contributed by atoms with Crippen molar-refractivity contribution in [2.75, 3.05) is 18.8 Å². The largest absolute Gasteiger partial charge is 0.442 e. The van der Waals surface area contributed by atoms with Crippen LogP contribution < -0.4 is 0 Å². The molecule has 1 saturated heterocycles. The van der Waals surface area contributed by atoms with Gasteiger partial charge in [-0.3, -0.25) is 4.79 Å². The molecule has 88 valence electrons. The Hall–Kier alpha value is -0.390. The van der Waals surface area contributed by atoms with Gasteiger partial charge in [-0.05, 0) is 24.6 Å². The fourth-order valence-corrected chi connectivity index (χ4v) is 2.02. The summed E-state index contributed by atoms with van der Waals surface area (Å²) < 4.78 is 35.6. The van der Waals surface area contributed by atoms with Gasteiger partial charge in [0, 0.05) is 13.1 Å². The van der Waals surface area contributed by atoms with Crippen molar-refractivity contribution in [3.63, 3.8) is 0 Å². The molecule has 0 saturated carbocycles. The first kappa shape index (κ1) is 12.7. The number of rotatable bonds is 2. The first-order chi connectivity index (χ1) is 6.99. The van der Waals surface area contributed by atoms with Crippen LogP contribution in [0.15, 0.2) is 0 Å². The maximum atomic E-state index is 11.9. The Kier molecular flexibility index (Phi) is 4.76. The molecule has 1 aliphatic heterocycles. The number of hydrogen-bond donors (Lipinski definition) is 0. The number of carbonyl (C=O) groups excluding carboxylic acids is 1. The number of nitrogens with zero attached hydrogens (tertiary/aromatic N) is 1. The first-order valence-corrected chi connectivity index (χ1v) is 5.96. The van der Waals surface area contributed by atoms with Crippen molar-refractivity contribution >= 4 is 17.7 Å². The van der Waals surface area contributed by atoms with E-state index in [1.54, 1.807) is 4.90 Å². The van der Waals surface area contributed by atoms with E-state index >= 15 is 0 Å². The fourth-order valence-electron chi connectivity index (χ4n) is 1.55. The molecular weight excluding hydrogens is 227 g/mol. The number of halogens is 3. The number of carbonyl (C=O) groups is 1. The third-order valence-corrected chi connectivity index (χ3v) is 3.04. The molecule has 0 bridgehead atoms. The molecule has 6 heteroatoms. The number of thioether (sulfide) groups is 1. The van der Waals surface area contributed by atoms with E-state index in [0.717, 1.165) is 25.7 Å². The molecule has 2 nitrogen and oxygen atoms in total. The molecule has 0 radical (unpaired) electrons. The van der Waals surface area contributed by atoms with E-state index in [4.69, 9.17) is 0 Å². The van der Waals surface area contributed by atoms with Crippen LogP contribution in [0.3, 0.4) is 0 Å². The Morgan fingerprint density at radius 2 is 1.67 bits per heavy atom. The van der Waals surface area contributed by atoms with Gasteiger partial charge in [0.2, 0.25) is 5.91 Å². The Morgan fingerprint density at radius 3 is 2.13 bits per heavy atom. The van der Waals surface area contributed by atoms with Crippen LogP contribution in [0.5, 0.6) is 0 Å². The molecule has 0 aromatic rings. The van der Waals surface area contributed by atoms with Gasteiger partial charge in [0.05, 0.1) is 5.75 Å². The van der Waals surface area contributed by atoms with E-state index in [1.807, 2.05) is 0 Å². The van der Waals surface area contributed by atoms with Crippen LogP contribution in [-0.2, 0) is 4.79 Å². The van der Waals surface area contributed by atoms with Gasteiger partial charge in [0.25, 0.3) is 0 Å². The van der Waals surface area contributed by atoms with Gasteiger partial charge in [-0.1, -0.05) is 12.8 Å². The maximum Gasteiger partial charge on any atom is 0.442 e. The topological polar surface area (TPSA) is 20.3 Å². The lowest BCUT2D eigenvalue weighted by Crippen LogP contribution is -2.33. The van der Waals surface area contributed by atoms with Gasteiger partial charge >= 0.3 is 5.51 Å². The van der Waals surface area contributed by atoms with Crippen molar-refractivity contribution in [3.05, 3.63) is 0 Å². The second-order valence-corrected chi connectivity index (χ2v) is 4.57. The molecule has 0 N–H and O–H groups in total. The number of amides is 1. The Balaban J connectivity index is 2.32. The lowest BCUT2D eigenvalue weighted by atomic mass is 10.2. The minimum absolute atomic E-state index is 0.249. The molecule has 1 amide bonds. The van der Waals surface area contributed by atoms with Crippen LogP contribution in [0, 0.1) is 0 Å². The van der Waals surface area contributed by atoms with Gasteiger partial charge in [-0.2, -0.15) is 13.2 Å². The summed E-state index contributed by atoms with van der Waals surface area (Å²) >= 11 is -0.249. The van der Waals surface area contributed by atoms with Crippen molar-refractivity contribution < 1.29 is 18.0 Å². The van der Waals surface area contributed by atoms with Gasteiger partial charge in [-0.25, -0.2) is 0 Å². The Morgan fingerprint density at radius 1 is 1.13 bits per heavy atom. The second-order valence-electron chi connectivity index (χ2n) is 3.53. The number of likely N-dealkylation sites (tertiary alicyclic amines) is 1. The Bertz CT molecular complexity index is 212. The summed E-state index contributed by atoms with van der Waals surface area (Å²) in [6.45, 7) is 1.22. The normalized spacial score (nSPS) is 18.7. The highest BCUT2D eigenvalue weighted by atomic mass is 32.2. The van der Waals surface area contributed by atoms with Crippen molar-refractivity contribution in [1.82, 2.24) is 4.90 Å². The summed E-state index contributed by atoms with van der Waals surface area (Å²) in [4.78, 5) is 13.0. The molecule has 1 heterocycles. The summed E-state index contributed by atoms with van der Waals surface area (Å²) in [5.74, 6) is -0.872. The van der Waals surface area contributed by atoms with Gasteiger partial charge in [0.1, 0.15) is 0 Å². The van der Waals surface area contributed by atoms with Crippen molar-refractivity contribution in [2.45, 2.75) is 31.2 Å². The van der Waals surface area contributed by atoms with Crippen molar-refractivity contribution in [2.24, 2.45) is 0 Å². The average molecular weight is 241 g/mol. The molecule has 0 unspecified atom stereocenters. The highest BCUT2D eigenvalue weighted by Gasteiger charge is 2.30. The highest BCUT2D eigenvalue weighted by molar-refractivity contribution is 8.00. The molecule has 0 aromatic heterocycles. The summed E-state index contributed by atoms with van der Waals surface area (Å²) in [5, 5.41) is 0. The predicted octanol–water partition coefficient (Wildman–Crippen LogP) is 2.64. The average Bonchev–Trinajstić information content (AvgIpc) is 2.41. The lowest BCUT2D eigenvalue weighted by molar-refractivity contribution is -0.128. The quantitative estimate of drug-likeness (QED) is 0.740. The number of alkyl halides is 3. The standard InChI is InChI=1S/C9H14F3NOS/c10-9(11,12)15-7-8(14)13-5-3-1-2-4-6-13/h1-7H2. The van der Waals surface area contributed by atoms with Crippen LogP contribution in [0.4, 0.5) is 13.2 Å². The Labute approximate surface area is 91.2 Å². The van der Waals surface area contributed by atoms with E-state index < -0.39 is 11.3 Å². The second kappa shape index (κ2) is 5.63. The van der Waals surface area contributed by atoms with Crippen LogP contribution in [0.1, 0.15) is 25.7 Å². The van der Waals surface area contributed by atoms with Crippen LogP contribution in [0.25, 0.3) is 0 Å². The smallest absolute Gasteiger partial charge is 0.342 e. The third-order valence-electron chi connectivity index (χ3n) is 2.32. The van der Waals surface area contributed by atoms with E-state index in [1.165, 1.54) is 0 Å². The van der Waals surface area contributed by atoms with Gasteiger partial charge in [0.15, 0.2) is 0 Å². The van der Waals surface area contributed by atoms with E-state index in [0.29, 0.717) is 13.1 Å². The SMILES string of the molecule is O=C(CSC(F)(F)F)N1CCCCCC1. The zero-order chi connectivity index (χ0) is 11.3. The first-order valence-electron chi connectivity index (χ1n) is 4.97. The molecule has 15 heavy (non-hydrogen) atoms. The monoisotopic (exact) mass is 241 g/mol. The third kappa shape index (κ3) is 5.30. The summed E-state index contributed by atoms with van der Waals surface area (Å²) in [7, 11) is 0. The van der Waals surface area contributed by atoms with Crippen LogP contribution >= 0.6 is 11.8 Å². The predicted molar refractivity (Wildman–Crippen MR) is 53.6 cm³/mol. The lowest BCUT2D eigenvalue weighted by Gasteiger charge is -2.20. The molecule has 0 atom stereocenters. The minimum atomic E-state index is -4.30. The summed E-state index contributed by atoms with van der Waals surface area (Å²) in [5.41, 5.74) is -4.30. The zero-order valence-corrected chi connectivity index (χ0v) is 9.16. The zero-order valence-electron chi connectivity index (χ0n) is 8.35. The fraction of sp³-hybridized carbons (Fsp3) is 0.889.